The largest absolute Gasteiger partial charge is 0.380 e. The van der Waals surface area contributed by atoms with Gasteiger partial charge in [0.15, 0.2) is 10.9 Å². The normalized spacial score (nSPS) is 11.5. The Bertz CT molecular complexity index is 631. The predicted molar refractivity (Wildman–Crippen MR) is 113 cm³/mol. The van der Waals surface area contributed by atoms with Gasteiger partial charge in [-0.2, -0.15) is 10.2 Å². The lowest BCUT2D eigenvalue weighted by molar-refractivity contribution is 1.31. The van der Waals surface area contributed by atoms with E-state index in [0.29, 0.717) is 10.9 Å². The first kappa shape index (κ1) is 19.3. The van der Waals surface area contributed by atoms with Crippen molar-refractivity contribution < 1.29 is 0 Å². The van der Waals surface area contributed by atoms with E-state index in [1.165, 1.54) is 11.8 Å². The van der Waals surface area contributed by atoms with Gasteiger partial charge >= 0.3 is 0 Å². The number of anilines is 2. The Labute approximate surface area is 157 Å². The Morgan fingerprint density at radius 3 is 1.87 bits per heavy atom. The minimum atomic E-state index is 0. The summed E-state index contributed by atoms with van der Waals surface area (Å²) in [6.07, 6.45) is 0. The summed E-state index contributed by atoms with van der Waals surface area (Å²) >= 11 is 1.53. The van der Waals surface area contributed by atoms with Crippen LogP contribution in [0.4, 0.5) is 11.4 Å². The fraction of sp³-hybridized carbons (Fsp3) is 0.125. The van der Waals surface area contributed by atoms with Crippen molar-refractivity contribution in [1.82, 2.24) is 0 Å². The van der Waals surface area contributed by atoms with Gasteiger partial charge in [-0.15, -0.1) is 35.7 Å². The van der Waals surface area contributed by atoms with Gasteiger partial charge in [0.1, 0.15) is 0 Å². The topological polar surface area (TPSA) is 74.8 Å². The number of hydrazone groups is 2. The van der Waals surface area contributed by atoms with Crippen molar-refractivity contribution in [1.29, 1.82) is 0 Å². The van der Waals surface area contributed by atoms with E-state index in [1.807, 2.05) is 67.6 Å². The van der Waals surface area contributed by atoms with Crippen molar-refractivity contribution in [3.63, 3.8) is 0 Å². The molecular formula is C16H20IN5S. The number of nitrogens with one attached hydrogen (secondary N) is 2. The molecule has 23 heavy (non-hydrogen) atoms. The fourth-order valence-corrected chi connectivity index (χ4v) is 2.19. The van der Waals surface area contributed by atoms with Gasteiger partial charge in [0.2, 0.25) is 0 Å². The number of benzene rings is 2. The molecule has 0 fully saturated rings. The van der Waals surface area contributed by atoms with Crippen LogP contribution in [0.1, 0.15) is 6.92 Å². The highest BCUT2D eigenvalue weighted by Crippen LogP contribution is 2.09. The van der Waals surface area contributed by atoms with Gasteiger partial charge in [-0.1, -0.05) is 43.3 Å². The molecule has 0 spiro atoms. The van der Waals surface area contributed by atoms with E-state index in [2.05, 4.69) is 21.1 Å². The Morgan fingerprint density at radius 2 is 1.39 bits per heavy atom. The molecule has 0 aromatic heterocycles. The van der Waals surface area contributed by atoms with Gasteiger partial charge in [-0.3, -0.25) is 10.9 Å². The van der Waals surface area contributed by atoms with Crippen LogP contribution in [0.25, 0.3) is 0 Å². The van der Waals surface area contributed by atoms with Crippen molar-refractivity contribution >= 4 is 58.0 Å². The van der Waals surface area contributed by atoms with Gasteiger partial charge in [0.05, 0.1) is 11.4 Å². The van der Waals surface area contributed by atoms with Crippen LogP contribution in [0, 0.1) is 0 Å². The van der Waals surface area contributed by atoms with Gasteiger partial charge in [-0.25, -0.2) is 0 Å². The monoisotopic (exact) mass is 441 g/mol. The second-order valence-corrected chi connectivity index (χ2v) is 5.56. The first-order chi connectivity index (χ1) is 10.8. The van der Waals surface area contributed by atoms with Gasteiger partial charge in [0, 0.05) is 0 Å². The number of rotatable bonds is 5. The fourth-order valence-electron chi connectivity index (χ4n) is 1.61. The van der Waals surface area contributed by atoms with E-state index in [1.54, 1.807) is 0 Å². The average molecular weight is 441 g/mol. The summed E-state index contributed by atoms with van der Waals surface area (Å²) in [5.41, 5.74) is 13.7. The minimum absolute atomic E-state index is 0. The molecule has 7 heteroatoms. The van der Waals surface area contributed by atoms with Crippen LogP contribution < -0.4 is 16.6 Å². The maximum atomic E-state index is 6.01. The summed E-state index contributed by atoms with van der Waals surface area (Å²) < 4.78 is 0. The lowest BCUT2D eigenvalue weighted by Crippen LogP contribution is -2.24. The van der Waals surface area contributed by atoms with E-state index in [-0.39, 0.29) is 24.0 Å². The molecule has 0 amide bonds. The van der Waals surface area contributed by atoms with Crippen LogP contribution in [-0.2, 0) is 0 Å². The number of nitrogens with zero attached hydrogens (tertiary/aromatic N) is 2. The van der Waals surface area contributed by atoms with Crippen molar-refractivity contribution in [2.24, 2.45) is 15.9 Å². The van der Waals surface area contributed by atoms with Gasteiger partial charge < -0.3 is 5.73 Å². The molecule has 0 aliphatic rings. The van der Waals surface area contributed by atoms with E-state index in [9.17, 15) is 0 Å². The van der Waals surface area contributed by atoms with Crippen LogP contribution >= 0.6 is 35.7 Å². The van der Waals surface area contributed by atoms with Crippen LogP contribution in [-0.4, -0.2) is 16.6 Å². The lowest BCUT2D eigenvalue weighted by atomic mass is 10.3. The number of para-hydroxylation sites is 2. The first-order valence-electron chi connectivity index (χ1n) is 6.95. The Hall–Kier alpha value is -1.74. The third-order valence-corrected chi connectivity index (χ3v) is 3.50. The number of halogens is 1. The molecule has 0 saturated heterocycles. The average Bonchev–Trinajstić information content (AvgIpc) is 2.58. The predicted octanol–water partition coefficient (Wildman–Crippen LogP) is 4.17. The highest BCUT2D eigenvalue weighted by molar-refractivity contribution is 14.0. The first-order valence-corrected chi connectivity index (χ1v) is 7.94. The minimum Gasteiger partial charge on any atom is -0.380 e. The van der Waals surface area contributed by atoms with Gasteiger partial charge in [0.25, 0.3) is 0 Å². The molecule has 2 aromatic carbocycles. The Kier molecular flexibility index (Phi) is 9.15. The van der Waals surface area contributed by atoms with Crippen molar-refractivity contribution in [3.05, 3.63) is 60.7 Å². The Balaban J connectivity index is 0.00000264. The van der Waals surface area contributed by atoms with Crippen molar-refractivity contribution in [3.8, 4) is 0 Å². The molecule has 5 nitrogen and oxygen atoms in total. The number of thioether (sulfide) groups is 1. The summed E-state index contributed by atoms with van der Waals surface area (Å²) in [5, 5.41) is 9.16. The highest BCUT2D eigenvalue weighted by Gasteiger charge is 2.05. The summed E-state index contributed by atoms with van der Waals surface area (Å²) in [7, 11) is 0. The third kappa shape index (κ3) is 6.91. The van der Waals surface area contributed by atoms with Crippen LogP contribution in [0.3, 0.4) is 0 Å². The number of nitrogens with two attached hydrogens (primary N) is 1. The quantitative estimate of drug-likeness (QED) is 0.282. The van der Waals surface area contributed by atoms with E-state index in [4.69, 9.17) is 5.73 Å². The molecular weight excluding hydrogens is 421 g/mol. The molecule has 0 aliphatic heterocycles. The maximum absolute atomic E-state index is 6.01. The molecule has 0 aliphatic carbocycles. The molecule has 2 aromatic rings. The lowest BCUT2D eigenvalue weighted by Gasteiger charge is -2.07. The van der Waals surface area contributed by atoms with E-state index < -0.39 is 0 Å². The summed E-state index contributed by atoms with van der Waals surface area (Å²) in [6, 6.07) is 19.4. The zero-order valence-corrected chi connectivity index (χ0v) is 15.9. The zero-order chi connectivity index (χ0) is 15.6. The summed E-state index contributed by atoms with van der Waals surface area (Å²) in [6.45, 7) is 2.04. The van der Waals surface area contributed by atoms with Gasteiger partial charge in [-0.05, 0) is 30.0 Å². The molecule has 0 heterocycles. The maximum Gasteiger partial charge on any atom is 0.178 e. The summed E-state index contributed by atoms with van der Waals surface area (Å²) in [4.78, 5) is 0. The van der Waals surface area contributed by atoms with Crippen molar-refractivity contribution in [2.45, 2.75) is 6.92 Å². The highest BCUT2D eigenvalue weighted by atomic mass is 127. The SMILES string of the molecule is CCSC(=N\Nc1ccccc1)/C(N)=N/Nc1ccccc1.I. The molecule has 4 N–H and O–H groups in total. The molecule has 0 unspecified atom stereocenters. The van der Waals surface area contributed by atoms with Crippen LogP contribution in [0.15, 0.2) is 70.9 Å². The molecule has 2 rings (SSSR count). The second kappa shape index (κ2) is 10.9. The van der Waals surface area contributed by atoms with E-state index in [0.717, 1.165) is 17.1 Å². The standard InChI is InChI=1S/C16H19N5S.HI/c1-2-22-16(21-19-14-11-7-4-8-12-14)15(17)20-18-13-9-5-3-6-10-13;/h3-12,18-19H,2H2,1H3,(H2,17,20);1H/b21-16-;. The number of hydrogen-bond acceptors (Lipinski definition) is 5. The molecule has 0 saturated carbocycles. The molecule has 0 atom stereocenters. The molecule has 0 bridgehead atoms. The number of hydrogen-bond donors (Lipinski definition) is 3. The zero-order valence-electron chi connectivity index (χ0n) is 12.8. The molecule has 0 radical (unpaired) electrons. The molecule has 122 valence electrons. The van der Waals surface area contributed by atoms with Crippen molar-refractivity contribution in [2.75, 3.05) is 16.6 Å². The third-order valence-electron chi connectivity index (χ3n) is 2.64. The second-order valence-electron chi connectivity index (χ2n) is 4.30. The van der Waals surface area contributed by atoms with E-state index >= 15 is 0 Å². The Morgan fingerprint density at radius 1 is 0.913 bits per heavy atom. The number of amidine groups is 1. The van der Waals surface area contributed by atoms with Crippen LogP contribution in [0.5, 0.6) is 0 Å². The summed E-state index contributed by atoms with van der Waals surface area (Å²) in [5.74, 6) is 1.20. The smallest absolute Gasteiger partial charge is 0.178 e. The van der Waals surface area contributed by atoms with Crippen LogP contribution in [0.2, 0.25) is 0 Å².